The summed E-state index contributed by atoms with van der Waals surface area (Å²) in [6.07, 6.45) is 0. The monoisotopic (exact) mass is 686 g/mol. The van der Waals surface area contributed by atoms with Crippen LogP contribution in [0.3, 0.4) is 0 Å². The molecule has 0 aliphatic rings. The molecule has 0 amide bonds. The molecule has 0 aromatic carbocycles. The second-order valence-electron chi connectivity index (χ2n) is 3.39. The van der Waals surface area contributed by atoms with Gasteiger partial charge in [0.05, 0.1) is 59.7 Å². The molecule has 0 aromatic heterocycles. The fourth-order valence-corrected chi connectivity index (χ4v) is 0. The van der Waals surface area contributed by atoms with Crippen molar-refractivity contribution in [3.63, 3.8) is 0 Å². The molecule has 0 fully saturated rings. The summed E-state index contributed by atoms with van der Waals surface area (Å²) in [6.45, 7) is 1.08. The van der Waals surface area contributed by atoms with Gasteiger partial charge in [-0.15, -0.1) is 0 Å². The number of hydrogen-bond donors (Lipinski definition) is 1. The van der Waals surface area contributed by atoms with E-state index in [0.717, 1.165) is 6.92 Å². The van der Waals surface area contributed by atoms with Gasteiger partial charge in [-0.2, -0.15) is 0 Å². The third kappa shape index (κ3) is 99.4. The zero-order valence-electron chi connectivity index (χ0n) is 16.4. The molecule has 0 bridgehead atoms. The number of aliphatic carboxylic acids is 11. The quantitative estimate of drug-likeness (QED) is 0.182. The van der Waals surface area contributed by atoms with Gasteiger partial charge in [0.1, 0.15) is 0 Å². The van der Waals surface area contributed by atoms with Crippen molar-refractivity contribution in [1.82, 2.24) is 0 Å². The summed E-state index contributed by atoms with van der Waals surface area (Å²) in [5, 5.41) is 96.7. The smallest absolute Gasteiger partial charge is 0.543 e. The van der Waals surface area contributed by atoms with Gasteiger partial charge in [-0.25, -0.2) is 0 Å². The molecule has 0 radical (unpaired) electrons. The van der Waals surface area contributed by atoms with E-state index in [1.807, 2.05) is 0 Å². The normalized spacial score (nSPS) is 6.81. The second-order valence-corrected chi connectivity index (χ2v) is 3.39. The zero-order chi connectivity index (χ0) is 29.4. The molecule has 0 heterocycles. The van der Waals surface area contributed by atoms with Crippen molar-refractivity contribution in [3.05, 3.63) is 0 Å². The largest absolute Gasteiger partial charge is 5.00 e. The van der Waals surface area contributed by atoms with E-state index in [9.17, 15) is 0 Å². The first kappa shape index (κ1) is 53.2. The van der Waals surface area contributed by atoms with Gasteiger partial charge in [0.25, 0.3) is 5.97 Å². The number of carbonyl (C=O) groups is 11. The minimum Gasteiger partial charge on any atom is -0.543 e. The molecule has 0 saturated carbocycles. The van der Waals surface area contributed by atoms with Crippen LogP contribution in [0.15, 0.2) is 0 Å². The summed E-state index contributed by atoms with van der Waals surface area (Å²) in [4.78, 5) is 98.3. The van der Waals surface area contributed by atoms with Crippen LogP contribution < -0.4 is 51.1 Å². The number of rotatable bonds is 0. The summed E-state index contributed by atoms with van der Waals surface area (Å²) >= 11 is 0. The molecule has 0 aliphatic heterocycles. The van der Waals surface area contributed by atoms with E-state index < -0.39 is 65.7 Å². The molecule has 1 N–H and O–H groups in total. The summed E-state index contributed by atoms with van der Waals surface area (Å²) in [6, 6.07) is 0. The predicted octanol–water partition coefficient (Wildman–Crippen LogP) is -17.5. The van der Waals surface area contributed by atoms with Gasteiger partial charge in [-0.3, -0.25) is 4.79 Å². The van der Waals surface area contributed by atoms with Gasteiger partial charge in [-0.1, -0.05) is 0 Å². The third-order valence-corrected chi connectivity index (χ3v) is 0.833. The molecule has 36 heavy (non-hydrogen) atoms. The van der Waals surface area contributed by atoms with Crippen molar-refractivity contribution >= 4 is 65.7 Å². The maximum Gasteiger partial charge on any atom is 5.00 e. The van der Waals surface area contributed by atoms with Crippen molar-refractivity contribution in [2.24, 2.45) is 0 Å². The second kappa shape index (κ2) is 32.8. The molecule has 24 heteroatoms. The molecular weight excluding hydrogens is 682 g/mol. The Labute approximate surface area is 226 Å². The topological polar surface area (TPSA) is 439 Å². The van der Waals surface area contributed by atoms with E-state index >= 15 is 0 Å². The standard InChI is InChI=1S/5C2H2O4.C2H4O2.2Nb/c5*3-1(4)2(5)6;1-2(3)4;;/h5*(H,3,4)(H,5,6);1H3,(H,3,4);;/q;;;;;;2*+5/p-10. The first-order valence-corrected chi connectivity index (χ1v) is 6.26. The van der Waals surface area contributed by atoms with Crippen LogP contribution in [0, 0.1) is 0 Å². The Morgan fingerprint density at radius 1 is 0.333 bits per heavy atom. The molecule has 0 rings (SSSR count). The molecule has 0 atom stereocenters. The van der Waals surface area contributed by atoms with E-state index in [1.165, 1.54) is 0 Å². The summed E-state index contributed by atoms with van der Waals surface area (Å²) < 4.78 is 0. The van der Waals surface area contributed by atoms with Crippen LogP contribution in [0.2, 0.25) is 0 Å². The van der Waals surface area contributed by atoms with Crippen LogP contribution >= 0.6 is 0 Å². The Bertz CT molecular complexity index is 594. The van der Waals surface area contributed by atoms with E-state index in [0.29, 0.717) is 0 Å². The van der Waals surface area contributed by atoms with E-state index in [-0.39, 0.29) is 44.8 Å². The van der Waals surface area contributed by atoms with Gasteiger partial charge in [0, 0.05) is 6.92 Å². The molecule has 194 valence electrons. The van der Waals surface area contributed by atoms with E-state index in [1.54, 1.807) is 0 Å². The van der Waals surface area contributed by atoms with Crippen molar-refractivity contribution < 1.29 is 154 Å². The number of carboxylic acid groups (broad SMARTS) is 11. The van der Waals surface area contributed by atoms with Gasteiger partial charge in [-0.05, 0) is 0 Å². The summed E-state index contributed by atoms with van der Waals surface area (Å²) in [5.74, 6) is -22.7. The Kier molecular flexibility index (Phi) is 48.5. The Morgan fingerprint density at radius 2 is 0.361 bits per heavy atom. The molecule has 0 saturated heterocycles. The fourth-order valence-electron chi connectivity index (χ4n) is 0. The Morgan fingerprint density at radius 3 is 0.361 bits per heavy atom. The Hall–Kier alpha value is -4.35. The molecule has 0 unspecified atom stereocenters. The minimum atomic E-state index is -2.19. The molecular formula is C12H4Nb2O22. The van der Waals surface area contributed by atoms with Crippen LogP contribution in [0.1, 0.15) is 6.92 Å². The van der Waals surface area contributed by atoms with Crippen LogP contribution in [0.4, 0.5) is 0 Å². The van der Waals surface area contributed by atoms with Gasteiger partial charge in [0.15, 0.2) is 0 Å². The number of carboxylic acids is 11. The molecule has 0 aliphatic carbocycles. The van der Waals surface area contributed by atoms with E-state index in [4.69, 9.17) is 109 Å². The third-order valence-electron chi connectivity index (χ3n) is 0.833. The van der Waals surface area contributed by atoms with Crippen LogP contribution in [0.5, 0.6) is 0 Å². The van der Waals surface area contributed by atoms with Crippen LogP contribution in [-0.2, 0) is 97.5 Å². The van der Waals surface area contributed by atoms with Crippen molar-refractivity contribution in [2.45, 2.75) is 6.92 Å². The number of hydrogen-bond acceptors (Lipinski definition) is 21. The Balaban J connectivity index is -0.0000000433. The molecule has 0 aromatic rings. The zero-order valence-corrected chi connectivity index (χ0v) is 20.8. The summed E-state index contributed by atoms with van der Waals surface area (Å²) in [7, 11) is 0. The average molecular weight is 686 g/mol. The maximum absolute atomic E-state index is 9.00. The fraction of sp³-hybridized carbons (Fsp3) is 0.0833. The first-order chi connectivity index (χ1) is 14.9. The van der Waals surface area contributed by atoms with Gasteiger partial charge < -0.3 is 104 Å². The average Bonchev–Trinajstić information content (AvgIpc) is 2.62. The predicted molar refractivity (Wildman–Crippen MR) is 63.4 cm³/mol. The van der Waals surface area contributed by atoms with E-state index in [2.05, 4.69) is 0 Å². The minimum absolute atomic E-state index is 0. The van der Waals surface area contributed by atoms with Gasteiger partial charge >= 0.3 is 44.8 Å². The first-order valence-electron chi connectivity index (χ1n) is 6.26. The molecule has 22 nitrogen and oxygen atoms in total. The van der Waals surface area contributed by atoms with Crippen molar-refractivity contribution in [2.75, 3.05) is 0 Å². The van der Waals surface area contributed by atoms with Gasteiger partial charge in [0.2, 0.25) is 0 Å². The van der Waals surface area contributed by atoms with Crippen molar-refractivity contribution in [1.29, 1.82) is 0 Å². The SMILES string of the molecule is CC(=O)O.O=C([O-])C(=O)[O-].O=C([O-])C(=O)[O-].O=C([O-])C(=O)[O-].O=C([O-])C(=O)[O-].O=C([O-])C(=O)[O-].[Nb+5].[Nb+5]. The number of carbonyl (C=O) groups excluding carboxylic acids is 10. The van der Waals surface area contributed by atoms with Crippen molar-refractivity contribution in [3.8, 4) is 0 Å². The summed E-state index contributed by atoms with van der Waals surface area (Å²) in [5.41, 5.74) is 0. The molecule has 0 spiro atoms. The van der Waals surface area contributed by atoms with Crippen LogP contribution in [0.25, 0.3) is 0 Å². The van der Waals surface area contributed by atoms with Crippen LogP contribution in [-0.4, -0.2) is 70.8 Å². The maximum atomic E-state index is 9.00.